The van der Waals surface area contributed by atoms with E-state index in [-0.39, 0.29) is 24.1 Å². The van der Waals surface area contributed by atoms with Crippen LogP contribution in [0.2, 0.25) is 5.02 Å². The fraction of sp³-hybridized carbons (Fsp3) is 0.120. The maximum Gasteiger partial charge on any atom is 0.294 e. The van der Waals surface area contributed by atoms with Crippen molar-refractivity contribution in [2.75, 3.05) is 18.0 Å². The Morgan fingerprint density at radius 2 is 1.77 bits per heavy atom. The Balaban J connectivity index is 1.50. The Bertz CT molecular complexity index is 1130. The highest BCUT2D eigenvalue weighted by atomic mass is 35.5. The van der Waals surface area contributed by atoms with Crippen LogP contribution in [0.25, 0.3) is 6.08 Å². The van der Waals surface area contributed by atoms with Crippen molar-refractivity contribution >= 4 is 35.2 Å². The van der Waals surface area contributed by atoms with Crippen LogP contribution in [-0.2, 0) is 16.0 Å². The molecule has 0 saturated heterocycles. The third-order valence-corrected chi connectivity index (χ3v) is 5.09. The second kappa shape index (κ2) is 9.49. The van der Waals surface area contributed by atoms with E-state index in [4.69, 9.17) is 16.3 Å². The summed E-state index contributed by atoms with van der Waals surface area (Å²) in [4.78, 5) is 27.1. The minimum absolute atomic E-state index is 0.0963. The van der Waals surface area contributed by atoms with Gasteiger partial charge in [0.15, 0.2) is 11.5 Å². The van der Waals surface area contributed by atoms with E-state index in [1.54, 1.807) is 36.4 Å². The molecule has 0 saturated carbocycles. The number of benzene rings is 3. The van der Waals surface area contributed by atoms with Crippen LogP contribution < -0.4 is 15.0 Å². The van der Waals surface area contributed by atoms with E-state index < -0.39 is 0 Å². The van der Waals surface area contributed by atoms with Gasteiger partial charge in [0.2, 0.25) is 5.91 Å². The standard InChI is InChI=1S/C25H21ClN2O3/c26-20-10-6-9-19(15-20)16-23-25(30)28(21-11-4-5-12-22(21)31-23)17-24(29)27-14-13-18-7-2-1-3-8-18/h1-12,15-16H,13-14,17H2,(H,27,29)/b23-16+. The number of halogens is 1. The molecule has 2 amide bonds. The molecule has 31 heavy (non-hydrogen) atoms. The molecule has 0 radical (unpaired) electrons. The Hall–Kier alpha value is -3.57. The zero-order valence-corrected chi connectivity index (χ0v) is 17.5. The van der Waals surface area contributed by atoms with Gasteiger partial charge < -0.3 is 10.1 Å². The summed E-state index contributed by atoms with van der Waals surface area (Å²) in [5, 5.41) is 3.45. The molecule has 1 heterocycles. The normalized spacial score (nSPS) is 14.2. The van der Waals surface area contributed by atoms with Crippen LogP contribution in [0, 0.1) is 0 Å². The Kier molecular flexibility index (Phi) is 6.34. The average molecular weight is 433 g/mol. The van der Waals surface area contributed by atoms with Gasteiger partial charge in [-0.3, -0.25) is 14.5 Å². The molecule has 4 rings (SSSR count). The van der Waals surface area contributed by atoms with Crippen molar-refractivity contribution in [3.8, 4) is 5.75 Å². The minimum atomic E-state index is -0.378. The van der Waals surface area contributed by atoms with Crippen LogP contribution in [-0.4, -0.2) is 24.9 Å². The first-order valence-corrected chi connectivity index (χ1v) is 10.3. The number of anilines is 1. The van der Waals surface area contributed by atoms with E-state index in [1.165, 1.54) is 4.90 Å². The van der Waals surface area contributed by atoms with Crippen LogP contribution >= 0.6 is 11.6 Å². The predicted octanol–water partition coefficient (Wildman–Crippen LogP) is 4.47. The molecule has 0 atom stereocenters. The average Bonchev–Trinajstić information content (AvgIpc) is 2.77. The van der Waals surface area contributed by atoms with Gasteiger partial charge in [0.25, 0.3) is 5.91 Å². The lowest BCUT2D eigenvalue weighted by atomic mass is 10.1. The summed E-state index contributed by atoms with van der Waals surface area (Å²) in [6, 6.07) is 24.2. The molecule has 0 unspecified atom stereocenters. The molecule has 156 valence electrons. The molecule has 0 bridgehead atoms. The van der Waals surface area contributed by atoms with Gasteiger partial charge in [0, 0.05) is 11.6 Å². The maximum absolute atomic E-state index is 13.1. The summed E-state index contributed by atoms with van der Waals surface area (Å²) >= 11 is 6.05. The van der Waals surface area contributed by atoms with Gasteiger partial charge in [-0.25, -0.2) is 0 Å². The van der Waals surface area contributed by atoms with E-state index in [2.05, 4.69) is 5.32 Å². The quantitative estimate of drug-likeness (QED) is 0.585. The van der Waals surface area contributed by atoms with Gasteiger partial charge in [-0.15, -0.1) is 0 Å². The first-order valence-electron chi connectivity index (χ1n) is 9.97. The van der Waals surface area contributed by atoms with Gasteiger partial charge in [-0.05, 0) is 47.9 Å². The second-order valence-electron chi connectivity index (χ2n) is 7.11. The van der Waals surface area contributed by atoms with E-state index in [0.29, 0.717) is 23.0 Å². The van der Waals surface area contributed by atoms with Crippen molar-refractivity contribution in [2.24, 2.45) is 0 Å². The SMILES string of the molecule is O=C(CN1C(=O)/C(=C\c2cccc(Cl)c2)Oc2ccccc21)NCCc1ccccc1. The van der Waals surface area contributed by atoms with Crippen molar-refractivity contribution in [3.05, 3.63) is 101 Å². The lowest BCUT2D eigenvalue weighted by molar-refractivity contribution is -0.123. The molecule has 3 aromatic rings. The van der Waals surface area contributed by atoms with Gasteiger partial charge in [-0.1, -0.05) is 66.2 Å². The van der Waals surface area contributed by atoms with Crippen molar-refractivity contribution in [3.63, 3.8) is 0 Å². The zero-order chi connectivity index (χ0) is 21.6. The van der Waals surface area contributed by atoms with E-state index in [1.807, 2.05) is 48.5 Å². The molecule has 5 nitrogen and oxygen atoms in total. The fourth-order valence-corrected chi connectivity index (χ4v) is 3.56. The number of carbonyl (C=O) groups excluding carboxylic acids is 2. The summed E-state index contributed by atoms with van der Waals surface area (Å²) in [6.45, 7) is 0.398. The van der Waals surface area contributed by atoms with E-state index in [9.17, 15) is 9.59 Å². The molecule has 3 aromatic carbocycles. The third-order valence-electron chi connectivity index (χ3n) is 4.86. The highest BCUT2D eigenvalue weighted by Gasteiger charge is 2.31. The van der Waals surface area contributed by atoms with Crippen molar-refractivity contribution in [2.45, 2.75) is 6.42 Å². The zero-order valence-electron chi connectivity index (χ0n) is 16.8. The van der Waals surface area contributed by atoms with Crippen LogP contribution in [0.3, 0.4) is 0 Å². The largest absolute Gasteiger partial charge is 0.449 e. The van der Waals surface area contributed by atoms with Crippen molar-refractivity contribution in [1.29, 1.82) is 0 Å². The monoisotopic (exact) mass is 432 g/mol. The molecular weight excluding hydrogens is 412 g/mol. The van der Waals surface area contributed by atoms with Gasteiger partial charge >= 0.3 is 0 Å². The Morgan fingerprint density at radius 3 is 2.58 bits per heavy atom. The third kappa shape index (κ3) is 5.13. The van der Waals surface area contributed by atoms with Crippen LogP contribution in [0.5, 0.6) is 5.75 Å². The molecule has 0 spiro atoms. The highest BCUT2D eigenvalue weighted by Crippen LogP contribution is 2.35. The molecule has 0 fully saturated rings. The molecule has 0 aliphatic carbocycles. The van der Waals surface area contributed by atoms with Crippen molar-refractivity contribution < 1.29 is 14.3 Å². The number of carbonyl (C=O) groups is 2. The smallest absolute Gasteiger partial charge is 0.294 e. The van der Waals surface area contributed by atoms with Gasteiger partial charge in [0.1, 0.15) is 6.54 Å². The van der Waals surface area contributed by atoms with Crippen LogP contribution in [0.4, 0.5) is 5.69 Å². The van der Waals surface area contributed by atoms with Gasteiger partial charge in [0.05, 0.1) is 5.69 Å². The predicted molar refractivity (Wildman–Crippen MR) is 122 cm³/mol. The number of hydrogen-bond donors (Lipinski definition) is 1. The lowest BCUT2D eigenvalue weighted by Crippen LogP contribution is -2.44. The number of rotatable bonds is 6. The van der Waals surface area contributed by atoms with Crippen molar-refractivity contribution in [1.82, 2.24) is 5.32 Å². The van der Waals surface area contributed by atoms with E-state index in [0.717, 1.165) is 17.5 Å². The second-order valence-corrected chi connectivity index (χ2v) is 7.55. The number of nitrogens with zero attached hydrogens (tertiary/aromatic N) is 1. The molecule has 0 aromatic heterocycles. The summed E-state index contributed by atoms with van der Waals surface area (Å²) < 4.78 is 5.83. The number of fused-ring (bicyclic) bond motifs is 1. The summed E-state index contributed by atoms with van der Waals surface area (Å²) in [7, 11) is 0. The first kappa shape index (κ1) is 20.7. The van der Waals surface area contributed by atoms with Crippen LogP contribution in [0.15, 0.2) is 84.6 Å². The summed E-state index contributed by atoms with van der Waals surface area (Å²) in [5.41, 5.74) is 2.44. The first-order chi connectivity index (χ1) is 15.1. The summed E-state index contributed by atoms with van der Waals surface area (Å²) in [5.74, 6) is 0.0468. The topological polar surface area (TPSA) is 58.6 Å². The molecule has 1 N–H and O–H groups in total. The molecule has 1 aliphatic rings. The van der Waals surface area contributed by atoms with E-state index >= 15 is 0 Å². The highest BCUT2D eigenvalue weighted by molar-refractivity contribution is 6.30. The maximum atomic E-state index is 13.1. The number of ether oxygens (including phenoxy) is 1. The van der Waals surface area contributed by atoms with Gasteiger partial charge in [-0.2, -0.15) is 0 Å². The number of nitrogens with one attached hydrogen (secondary N) is 1. The number of hydrogen-bond acceptors (Lipinski definition) is 3. The van der Waals surface area contributed by atoms with Crippen LogP contribution in [0.1, 0.15) is 11.1 Å². The number of para-hydroxylation sites is 2. The molecule has 6 heteroatoms. The molecule has 1 aliphatic heterocycles. The fourth-order valence-electron chi connectivity index (χ4n) is 3.36. The lowest BCUT2D eigenvalue weighted by Gasteiger charge is -2.30. The minimum Gasteiger partial charge on any atom is -0.449 e. The Morgan fingerprint density at radius 1 is 1.00 bits per heavy atom. The Labute approximate surface area is 185 Å². The summed E-state index contributed by atoms with van der Waals surface area (Å²) in [6.07, 6.45) is 2.35. The molecular formula is C25H21ClN2O3. The number of amides is 2.